The van der Waals surface area contributed by atoms with E-state index in [0.29, 0.717) is 11.1 Å². The highest BCUT2D eigenvalue weighted by Crippen LogP contribution is 2.29. The zero-order valence-corrected chi connectivity index (χ0v) is 9.94. The van der Waals surface area contributed by atoms with Crippen molar-refractivity contribution in [2.45, 2.75) is 26.2 Å². The second-order valence-corrected chi connectivity index (χ2v) is 4.98. The van der Waals surface area contributed by atoms with Crippen LogP contribution in [0.5, 0.6) is 0 Å². The molecule has 2 rings (SSSR count). The normalized spacial score (nSPS) is 11.9. The van der Waals surface area contributed by atoms with E-state index in [9.17, 15) is 4.79 Å². The van der Waals surface area contributed by atoms with Crippen molar-refractivity contribution in [2.75, 3.05) is 5.73 Å². The Morgan fingerprint density at radius 3 is 2.59 bits per heavy atom. The Hall–Kier alpha value is -2.04. The van der Waals surface area contributed by atoms with Crippen molar-refractivity contribution in [1.82, 2.24) is 4.98 Å². The van der Waals surface area contributed by atoms with Gasteiger partial charge in [0.1, 0.15) is 0 Å². The molecule has 2 aromatic rings. The highest BCUT2D eigenvalue weighted by atomic mass is 16.4. The standard InChI is InChI=1S/C12H14N2O3/c1-12(2,3)9-5-7(13)6-4-8(11(15)16)17-10(6)14-9/h4-5H,1-3H3,(H2,13,14)(H,15,16). The number of rotatable bonds is 1. The number of fused-ring (bicyclic) bond motifs is 1. The van der Waals surface area contributed by atoms with Gasteiger partial charge in [0, 0.05) is 17.2 Å². The molecule has 0 aliphatic rings. The number of carboxylic acid groups (broad SMARTS) is 1. The van der Waals surface area contributed by atoms with Crippen LogP contribution in [-0.2, 0) is 5.41 Å². The van der Waals surface area contributed by atoms with Crippen molar-refractivity contribution < 1.29 is 14.3 Å². The van der Waals surface area contributed by atoms with Gasteiger partial charge in [0.2, 0.25) is 11.5 Å². The third-order valence-corrected chi connectivity index (χ3v) is 2.52. The molecule has 0 fully saturated rings. The molecule has 5 nitrogen and oxygen atoms in total. The third-order valence-electron chi connectivity index (χ3n) is 2.52. The zero-order valence-electron chi connectivity index (χ0n) is 9.94. The summed E-state index contributed by atoms with van der Waals surface area (Å²) in [5, 5.41) is 9.38. The number of carboxylic acids is 1. The molecule has 0 amide bonds. The first-order valence-corrected chi connectivity index (χ1v) is 5.23. The van der Waals surface area contributed by atoms with Crippen LogP contribution in [0.3, 0.4) is 0 Å². The van der Waals surface area contributed by atoms with E-state index in [1.807, 2.05) is 20.8 Å². The number of aromatic carboxylic acids is 1. The summed E-state index contributed by atoms with van der Waals surface area (Å²) in [5.41, 5.74) is 7.23. The molecule has 0 aliphatic carbocycles. The Morgan fingerprint density at radius 2 is 2.06 bits per heavy atom. The molecule has 0 saturated carbocycles. The van der Waals surface area contributed by atoms with E-state index in [1.165, 1.54) is 6.07 Å². The monoisotopic (exact) mass is 234 g/mol. The number of aromatic nitrogens is 1. The first-order valence-electron chi connectivity index (χ1n) is 5.23. The largest absolute Gasteiger partial charge is 0.475 e. The number of furan rings is 1. The minimum Gasteiger partial charge on any atom is -0.475 e. The predicted octanol–water partition coefficient (Wildman–Crippen LogP) is 2.41. The highest BCUT2D eigenvalue weighted by molar-refractivity contribution is 5.95. The number of nitrogen functional groups attached to an aromatic ring is 1. The predicted molar refractivity (Wildman–Crippen MR) is 64.1 cm³/mol. The van der Waals surface area contributed by atoms with Crippen LogP contribution in [0.25, 0.3) is 11.1 Å². The summed E-state index contributed by atoms with van der Waals surface area (Å²) in [6.07, 6.45) is 0. The second-order valence-electron chi connectivity index (χ2n) is 4.98. The molecule has 90 valence electrons. The number of anilines is 1. The van der Waals surface area contributed by atoms with Crippen molar-refractivity contribution in [1.29, 1.82) is 0 Å². The fourth-order valence-electron chi connectivity index (χ4n) is 1.53. The van der Waals surface area contributed by atoms with Crippen molar-refractivity contribution in [3.05, 3.63) is 23.6 Å². The molecule has 0 bridgehead atoms. The number of hydrogen-bond acceptors (Lipinski definition) is 4. The topological polar surface area (TPSA) is 89.4 Å². The minimum absolute atomic E-state index is 0.148. The van der Waals surface area contributed by atoms with E-state index in [4.69, 9.17) is 15.3 Å². The molecule has 2 heterocycles. The van der Waals surface area contributed by atoms with Gasteiger partial charge in [-0.1, -0.05) is 20.8 Å². The van der Waals surface area contributed by atoms with Gasteiger partial charge in [0.25, 0.3) is 0 Å². The van der Waals surface area contributed by atoms with Crippen molar-refractivity contribution in [2.24, 2.45) is 0 Å². The molecule has 0 spiro atoms. The third kappa shape index (κ3) is 1.95. The maximum atomic E-state index is 10.8. The summed E-state index contributed by atoms with van der Waals surface area (Å²) >= 11 is 0. The van der Waals surface area contributed by atoms with Crippen LogP contribution in [0.2, 0.25) is 0 Å². The number of nitrogens with two attached hydrogens (primary N) is 1. The molecule has 0 atom stereocenters. The number of hydrogen-bond donors (Lipinski definition) is 2. The van der Waals surface area contributed by atoms with E-state index < -0.39 is 5.97 Å². The Balaban J connectivity index is 2.69. The number of nitrogens with zero attached hydrogens (tertiary/aromatic N) is 1. The maximum Gasteiger partial charge on any atom is 0.371 e. The summed E-state index contributed by atoms with van der Waals surface area (Å²) in [6, 6.07) is 3.15. The van der Waals surface area contributed by atoms with Gasteiger partial charge >= 0.3 is 5.97 Å². The Labute approximate surface area is 98.2 Å². The summed E-state index contributed by atoms with van der Waals surface area (Å²) in [6.45, 7) is 6.00. The van der Waals surface area contributed by atoms with Crippen LogP contribution in [0.1, 0.15) is 37.0 Å². The molecule has 0 aliphatic heterocycles. The molecule has 0 aromatic carbocycles. The lowest BCUT2D eigenvalue weighted by atomic mass is 9.91. The van der Waals surface area contributed by atoms with Gasteiger partial charge in [0.15, 0.2) is 0 Å². The molecular weight excluding hydrogens is 220 g/mol. The van der Waals surface area contributed by atoms with Crippen molar-refractivity contribution in [3.8, 4) is 0 Å². The summed E-state index contributed by atoms with van der Waals surface area (Å²) < 4.78 is 5.16. The molecule has 0 unspecified atom stereocenters. The van der Waals surface area contributed by atoms with Gasteiger partial charge in [-0.3, -0.25) is 0 Å². The SMILES string of the molecule is CC(C)(C)c1cc(N)c2cc(C(=O)O)oc2n1. The van der Waals surface area contributed by atoms with Crippen LogP contribution in [0, 0.1) is 0 Å². The first-order chi connectivity index (χ1) is 7.79. The molecule has 0 saturated heterocycles. The van der Waals surface area contributed by atoms with Gasteiger partial charge < -0.3 is 15.3 Å². The summed E-state index contributed by atoms with van der Waals surface area (Å²) in [4.78, 5) is 15.1. The van der Waals surface area contributed by atoms with Crippen LogP contribution in [-0.4, -0.2) is 16.1 Å². The van der Waals surface area contributed by atoms with Crippen molar-refractivity contribution >= 4 is 22.8 Å². The van der Waals surface area contributed by atoms with Crippen LogP contribution in [0.4, 0.5) is 5.69 Å². The van der Waals surface area contributed by atoms with Gasteiger partial charge in [-0.2, -0.15) is 0 Å². The maximum absolute atomic E-state index is 10.8. The number of pyridine rings is 1. The van der Waals surface area contributed by atoms with Crippen molar-refractivity contribution in [3.63, 3.8) is 0 Å². The summed E-state index contributed by atoms with van der Waals surface area (Å²) in [7, 11) is 0. The lowest BCUT2D eigenvalue weighted by Crippen LogP contribution is -2.13. The molecule has 3 N–H and O–H groups in total. The van der Waals surface area contributed by atoms with E-state index in [1.54, 1.807) is 6.07 Å². The summed E-state index contributed by atoms with van der Waals surface area (Å²) in [5.74, 6) is -1.27. The van der Waals surface area contributed by atoms with Crippen LogP contribution in [0.15, 0.2) is 16.5 Å². The average molecular weight is 234 g/mol. The van der Waals surface area contributed by atoms with Gasteiger partial charge in [-0.25, -0.2) is 9.78 Å². The molecule has 17 heavy (non-hydrogen) atoms. The van der Waals surface area contributed by atoms with Gasteiger partial charge in [0.05, 0.1) is 11.1 Å². The zero-order chi connectivity index (χ0) is 12.8. The van der Waals surface area contributed by atoms with Gasteiger partial charge in [-0.15, -0.1) is 0 Å². The molecule has 5 heteroatoms. The Morgan fingerprint density at radius 1 is 1.41 bits per heavy atom. The fourth-order valence-corrected chi connectivity index (χ4v) is 1.53. The highest BCUT2D eigenvalue weighted by Gasteiger charge is 2.20. The minimum atomic E-state index is -1.13. The lowest BCUT2D eigenvalue weighted by molar-refractivity contribution is 0.0664. The molecule has 2 aromatic heterocycles. The van der Waals surface area contributed by atoms with Gasteiger partial charge in [-0.05, 0) is 6.07 Å². The molecule has 0 radical (unpaired) electrons. The van der Waals surface area contributed by atoms with Crippen LogP contribution >= 0.6 is 0 Å². The Bertz CT molecular complexity index is 594. The van der Waals surface area contributed by atoms with E-state index in [0.717, 1.165) is 5.69 Å². The quantitative estimate of drug-likeness (QED) is 0.790. The Kier molecular flexibility index (Phi) is 2.34. The number of carbonyl (C=O) groups is 1. The average Bonchev–Trinajstić information content (AvgIpc) is 2.60. The van der Waals surface area contributed by atoms with E-state index in [-0.39, 0.29) is 16.9 Å². The van der Waals surface area contributed by atoms with E-state index >= 15 is 0 Å². The lowest BCUT2D eigenvalue weighted by Gasteiger charge is -2.17. The fraction of sp³-hybridized carbons (Fsp3) is 0.333. The van der Waals surface area contributed by atoms with E-state index in [2.05, 4.69) is 4.98 Å². The molecular formula is C12H14N2O3. The van der Waals surface area contributed by atoms with Crippen LogP contribution < -0.4 is 5.73 Å². The first kappa shape index (κ1) is 11.4. The smallest absolute Gasteiger partial charge is 0.371 e. The second kappa shape index (κ2) is 3.48.